The Labute approximate surface area is 204 Å². The minimum atomic E-state index is -0.476. The molecule has 4 heterocycles. The number of hydrogen-bond donors (Lipinski definition) is 2. The summed E-state index contributed by atoms with van der Waals surface area (Å²) in [5.74, 6) is -0.906. The fourth-order valence-corrected chi connectivity index (χ4v) is 4.84. The molecule has 0 bridgehead atoms. The van der Waals surface area contributed by atoms with Gasteiger partial charge in [-0.15, -0.1) is 11.3 Å². The van der Waals surface area contributed by atoms with E-state index in [4.69, 9.17) is 0 Å². The summed E-state index contributed by atoms with van der Waals surface area (Å²) in [4.78, 5) is 47.6. The highest BCUT2D eigenvalue weighted by Gasteiger charge is 2.17. The van der Waals surface area contributed by atoms with E-state index in [-0.39, 0.29) is 18.5 Å². The van der Waals surface area contributed by atoms with Crippen LogP contribution in [0.4, 0.5) is 0 Å². The highest BCUT2D eigenvalue weighted by molar-refractivity contribution is 7.17. The van der Waals surface area contributed by atoms with E-state index in [0.29, 0.717) is 27.3 Å². The Bertz CT molecular complexity index is 1630. The highest BCUT2D eigenvalue weighted by atomic mass is 32.1. The first-order valence-electron chi connectivity index (χ1n) is 11.0. The second kappa shape index (κ2) is 9.15. The third-order valence-corrected chi connectivity index (χ3v) is 6.62. The molecule has 2 N–H and O–H groups in total. The molecule has 0 unspecified atom stereocenters. The molecule has 0 radical (unpaired) electrons. The fraction of sp³-hybridized carbons (Fsp3) is 0.160. The summed E-state index contributed by atoms with van der Waals surface area (Å²) >= 11 is 1.41. The Morgan fingerprint density at radius 1 is 1.06 bits per heavy atom. The summed E-state index contributed by atoms with van der Waals surface area (Å²) in [5.41, 5.74) is 9.08. The van der Waals surface area contributed by atoms with Gasteiger partial charge in [0.2, 0.25) is 5.91 Å². The van der Waals surface area contributed by atoms with Crippen LogP contribution in [0.15, 0.2) is 65.2 Å². The standard InChI is InChI=1S/C25H22N6O3S/c1-15-6-8-17(9-7-15)18-13-35-24-21(18)25(34)30(14-26-24)12-10-20(32)28-29-23(33)22-16(2)27-19-5-3-4-11-31(19)22/h3-9,11,13-14H,10,12H2,1-2H3,(H,28,32)(H,29,33). The van der Waals surface area contributed by atoms with E-state index in [1.807, 2.05) is 42.6 Å². The van der Waals surface area contributed by atoms with Gasteiger partial charge in [-0.25, -0.2) is 9.97 Å². The van der Waals surface area contributed by atoms with Gasteiger partial charge in [0.15, 0.2) is 0 Å². The maximum atomic E-state index is 13.2. The molecule has 35 heavy (non-hydrogen) atoms. The maximum absolute atomic E-state index is 13.2. The molecule has 0 aliphatic heterocycles. The van der Waals surface area contributed by atoms with Gasteiger partial charge >= 0.3 is 0 Å². The monoisotopic (exact) mass is 486 g/mol. The lowest BCUT2D eigenvalue weighted by Gasteiger charge is -2.09. The van der Waals surface area contributed by atoms with Crippen molar-refractivity contribution in [2.75, 3.05) is 0 Å². The number of hydrazine groups is 1. The third-order valence-electron chi connectivity index (χ3n) is 5.74. The number of amides is 2. The Morgan fingerprint density at radius 2 is 1.86 bits per heavy atom. The number of aromatic nitrogens is 4. The molecule has 1 aromatic carbocycles. The molecule has 0 aliphatic carbocycles. The van der Waals surface area contributed by atoms with Gasteiger partial charge in [-0.05, 0) is 31.5 Å². The van der Waals surface area contributed by atoms with Crippen LogP contribution in [0.5, 0.6) is 0 Å². The van der Waals surface area contributed by atoms with Crippen LogP contribution in [0.2, 0.25) is 0 Å². The van der Waals surface area contributed by atoms with Crippen molar-refractivity contribution in [2.24, 2.45) is 0 Å². The summed E-state index contributed by atoms with van der Waals surface area (Å²) in [7, 11) is 0. The molecule has 5 rings (SSSR count). The van der Waals surface area contributed by atoms with Gasteiger partial charge in [0.1, 0.15) is 16.2 Å². The minimum absolute atomic E-state index is 0.0104. The van der Waals surface area contributed by atoms with Crippen LogP contribution >= 0.6 is 11.3 Å². The lowest BCUT2D eigenvalue weighted by molar-refractivity contribution is -0.122. The second-order valence-corrected chi connectivity index (χ2v) is 9.02. The van der Waals surface area contributed by atoms with E-state index in [1.54, 1.807) is 29.7 Å². The van der Waals surface area contributed by atoms with Crippen molar-refractivity contribution in [3.63, 3.8) is 0 Å². The molecular weight excluding hydrogens is 464 g/mol. The molecule has 0 aliphatic rings. The van der Waals surface area contributed by atoms with Crippen LogP contribution in [-0.2, 0) is 11.3 Å². The number of imidazole rings is 1. The lowest BCUT2D eigenvalue weighted by Crippen LogP contribution is -2.42. The summed E-state index contributed by atoms with van der Waals surface area (Å²) in [6.45, 7) is 3.87. The van der Waals surface area contributed by atoms with Crippen LogP contribution in [0.1, 0.15) is 28.2 Å². The smallest absolute Gasteiger partial charge is 0.288 e. The van der Waals surface area contributed by atoms with E-state index in [2.05, 4.69) is 20.8 Å². The zero-order chi connectivity index (χ0) is 24.5. The van der Waals surface area contributed by atoms with Crippen molar-refractivity contribution in [3.8, 4) is 11.1 Å². The fourth-order valence-electron chi connectivity index (χ4n) is 3.93. The van der Waals surface area contributed by atoms with Gasteiger partial charge < -0.3 is 0 Å². The number of pyridine rings is 1. The highest BCUT2D eigenvalue weighted by Crippen LogP contribution is 2.30. The van der Waals surface area contributed by atoms with Gasteiger partial charge in [-0.1, -0.05) is 35.9 Å². The van der Waals surface area contributed by atoms with Crippen molar-refractivity contribution < 1.29 is 9.59 Å². The molecule has 2 amide bonds. The van der Waals surface area contributed by atoms with Crippen LogP contribution < -0.4 is 16.4 Å². The minimum Gasteiger partial charge on any atom is -0.298 e. The van der Waals surface area contributed by atoms with E-state index in [9.17, 15) is 14.4 Å². The van der Waals surface area contributed by atoms with Crippen LogP contribution in [0.25, 0.3) is 27.0 Å². The number of carbonyl (C=O) groups excluding carboxylic acids is 2. The zero-order valence-corrected chi connectivity index (χ0v) is 19.9. The second-order valence-electron chi connectivity index (χ2n) is 8.17. The molecular formula is C25H22N6O3S. The molecule has 0 saturated carbocycles. The number of aryl methyl sites for hydroxylation is 3. The van der Waals surface area contributed by atoms with Crippen LogP contribution in [0.3, 0.4) is 0 Å². The molecule has 9 nitrogen and oxygen atoms in total. The van der Waals surface area contributed by atoms with Gasteiger partial charge in [0.25, 0.3) is 11.5 Å². The van der Waals surface area contributed by atoms with Crippen molar-refractivity contribution in [1.29, 1.82) is 0 Å². The molecule has 0 atom stereocenters. The van der Waals surface area contributed by atoms with Crippen molar-refractivity contribution >= 4 is 39.0 Å². The van der Waals surface area contributed by atoms with Crippen molar-refractivity contribution in [1.82, 2.24) is 29.8 Å². The molecule has 0 saturated heterocycles. The quantitative estimate of drug-likeness (QED) is 0.371. The Hall–Kier alpha value is -4.31. The first-order chi connectivity index (χ1) is 16.9. The number of nitrogens with zero attached hydrogens (tertiary/aromatic N) is 4. The molecule has 5 aromatic rings. The number of fused-ring (bicyclic) bond motifs is 2. The summed E-state index contributed by atoms with van der Waals surface area (Å²) < 4.78 is 3.08. The average molecular weight is 487 g/mol. The summed E-state index contributed by atoms with van der Waals surface area (Å²) in [6.07, 6.45) is 3.17. The number of thiophene rings is 1. The Morgan fingerprint density at radius 3 is 2.66 bits per heavy atom. The molecule has 0 fully saturated rings. The van der Waals surface area contributed by atoms with Gasteiger partial charge in [0.05, 0.1) is 17.4 Å². The SMILES string of the molecule is Cc1ccc(-c2csc3ncn(CCC(=O)NNC(=O)c4c(C)nc5ccccn45)c(=O)c23)cc1. The third kappa shape index (κ3) is 4.31. The number of carbonyl (C=O) groups is 2. The van der Waals surface area contributed by atoms with E-state index in [1.165, 1.54) is 22.2 Å². The number of hydrogen-bond acceptors (Lipinski definition) is 6. The van der Waals surface area contributed by atoms with Crippen LogP contribution in [-0.4, -0.2) is 30.8 Å². The Kier molecular flexibility index (Phi) is 5.87. The van der Waals surface area contributed by atoms with Crippen molar-refractivity contribution in [3.05, 3.63) is 87.7 Å². The maximum Gasteiger partial charge on any atom is 0.288 e. The topological polar surface area (TPSA) is 110 Å². The zero-order valence-electron chi connectivity index (χ0n) is 19.1. The Balaban J connectivity index is 1.27. The van der Waals surface area contributed by atoms with Gasteiger partial charge in [-0.3, -0.25) is 34.2 Å². The lowest BCUT2D eigenvalue weighted by atomic mass is 10.1. The van der Waals surface area contributed by atoms with Crippen molar-refractivity contribution in [2.45, 2.75) is 26.8 Å². The molecule has 176 valence electrons. The molecule has 0 spiro atoms. The number of rotatable bonds is 5. The molecule has 10 heteroatoms. The predicted molar refractivity (Wildman–Crippen MR) is 134 cm³/mol. The van der Waals surface area contributed by atoms with E-state index >= 15 is 0 Å². The first-order valence-corrected chi connectivity index (χ1v) is 11.9. The van der Waals surface area contributed by atoms with Gasteiger partial charge in [0, 0.05) is 30.1 Å². The average Bonchev–Trinajstić information content (AvgIpc) is 3.43. The molecule has 4 aromatic heterocycles. The van der Waals surface area contributed by atoms with Gasteiger partial charge in [-0.2, -0.15) is 0 Å². The number of nitrogens with one attached hydrogen (secondary N) is 2. The predicted octanol–water partition coefficient (Wildman–Crippen LogP) is 3.24. The van der Waals surface area contributed by atoms with Crippen LogP contribution in [0, 0.1) is 13.8 Å². The summed E-state index contributed by atoms with van der Waals surface area (Å²) in [6, 6.07) is 13.4. The van der Waals surface area contributed by atoms with E-state index in [0.717, 1.165) is 16.7 Å². The summed E-state index contributed by atoms with van der Waals surface area (Å²) in [5, 5.41) is 2.47. The largest absolute Gasteiger partial charge is 0.298 e. The van der Waals surface area contributed by atoms with E-state index < -0.39 is 11.8 Å². The first kappa shape index (κ1) is 22.5. The number of benzene rings is 1. The normalized spacial score (nSPS) is 11.1.